The van der Waals surface area contributed by atoms with Crippen LogP contribution in [0.5, 0.6) is 0 Å². The number of H-pyrrole nitrogens is 1. The number of aliphatic hydroxyl groups is 1. The molecule has 0 spiro atoms. The maximum Gasteiger partial charge on any atom is 0.697 e. The van der Waals surface area contributed by atoms with Crippen molar-refractivity contribution in [2.75, 3.05) is 6.61 Å². The molecule has 1 fully saturated rings. The Morgan fingerprint density at radius 2 is 2.05 bits per heavy atom. The lowest BCUT2D eigenvalue weighted by molar-refractivity contribution is -0.149. The third kappa shape index (κ3) is 7.49. The topological polar surface area (TPSA) is 182 Å². The summed E-state index contributed by atoms with van der Waals surface area (Å²) in [5.41, 5.74) is 5.31. The van der Waals surface area contributed by atoms with Crippen LogP contribution in [-0.4, -0.2) is 57.3 Å². The van der Waals surface area contributed by atoms with Crippen LogP contribution in [0.25, 0.3) is 0 Å². The van der Waals surface area contributed by atoms with Gasteiger partial charge in [-0.2, -0.15) is 5.11 Å². The number of halogens is 1. The summed E-state index contributed by atoms with van der Waals surface area (Å²) in [4.78, 5) is 37.2. The zero-order valence-electron chi connectivity index (χ0n) is 21.8. The summed E-state index contributed by atoms with van der Waals surface area (Å²) < 4.78 is 49.7. The van der Waals surface area contributed by atoms with Gasteiger partial charge in [0.2, 0.25) is 0 Å². The van der Waals surface area contributed by atoms with E-state index < -0.39 is 68.3 Å². The number of carbonyl (C=O) groups is 1. The quantitative estimate of drug-likeness (QED) is 0.197. The van der Waals surface area contributed by atoms with Crippen LogP contribution in [0, 0.1) is 12.5 Å². The predicted octanol–water partition coefficient (Wildman–Crippen LogP) is 2.62. The van der Waals surface area contributed by atoms with Crippen molar-refractivity contribution in [3.05, 3.63) is 68.0 Å². The Kier molecular flexibility index (Phi) is 9.97. The van der Waals surface area contributed by atoms with Crippen LogP contribution in [0.3, 0.4) is 0 Å². The summed E-state index contributed by atoms with van der Waals surface area (Å²) in [6.07, 6.45) is -3.57. The molecule has 2 heterocycles. The number of nitrogens with one attached hydrogen (secondary N) is 2. The first kappa shape index (κ1) is 30.4. The smallest absolute Gasteiger partial charge is 0.461 e. The molecule has 0 bridgehead atoms. The van der Waals surface area contributed by atoms with Crippen LogP contribution in [0.1, 0.15) is 43.7 Å². The Labute approximate surface area is 223 Å². The molecule has 0 radical (unpaired) electrons. The van der Waals surface area contributed by atoms with E-state index in [2.05, 4.69) is 5.11 Å². The number of benzene rings is 1. The van der Waals surface area contributed by atoms with Gasteiger partial charge in [0.25, 0.3) is 5.56 Å². The van der Waals surface area contributed by atoms with Gasteiger partial charge in [-0.1, -0.05) is 18.2 Å². The van der Waals surface area contributed by atoms with E-state index in [1.165, 1.54) is 6.92 Å². The molecular formula is C24H31FN4O9P+. The third-order valence-electron chi connectivity index (χ3n) is 6.28. The number of hydrogen-bond acceptors (Lipinski definition) is 11. The molecule has 13 nitrogen and oxygen atoms in total. The Hall–Kier alpha value is -3.16. The number of rotatable bonds is 12. The van der Waals surface area contributed by atoms with Crippen molar-refractivity contribution in [2.24, 2.45) is 5.11 Å². The van der Waals surface area contributed by atoms with Gasteiger partial charge < -0.3 is 14.6 Å². The van der Waals surface area contributed by atoms with Gasteiger partial charge in [0.15, 0.2) is 17.9 Å². The van der Waals surface area contributed by atoms with Crippen LogP contribution in [0.15, 0.2) is 45.2 Å². The Bertz CT molecular complexity index is 1330. The van der Waals surface area contributed by atoms with Gasteiger partial charge in [-0.3, -0.25) is 14.3 Å². The second kappa shape index (κ2) is 12.8. The minimum atomic E-state index is -2.69. The summed E-state index contributed by atoms with van der Waals surface area (Å²) in [7, 11) is -2.69. The Morgan fingerprint density at radius 3 is 2.72 bits per heavy atom. The van der Waals surface area contributed by atoms with Crippen molar-refractivity contribution in [2.45, 2.75) is 77.0 Å². The van der Waals surface area contributed by atoms with Gasteiger partial charge in [-0.05, 0) is 44.4 Å². The molecule has 7 atom stereocenters. The first-order valence-corrected chi connectivity index (χ1v) is 13.2. The first-order valence-electron chi connectivity index (χ1n) is 12.1. The van der Waals surface area contributed by atoms with E-state index in [0.29, 0.717) is 12.0 Å². The maximum atomic E-state index is 15.3. The highest BCUT2D eigenvalue weighted by atomic mass is 31.1. The minimum Gasteiger partial charge on any atom is -0.461 e. The van der Waals surface area contributed by atoms with Gasteiger partial charge in [0, 0.05) is 23.2 Å². The van der Waals surface area contributed by atoms with Crippen molar-refractivity contribution < 1.29 is 37.4 Å². The van der Waals surface area contributed by atoms with Gasteiger partial charge >= 0.3 is 19.9 Å². The second-order valence-corrected chi connectivity index (χ2v) is 10.4. The molecule has 0 aliphatic carbocycles. The number of aromatic amines is 1. The van der Waals surface area contributed by atoms with Crippen molar-refractivity contribution in [1.29, 1.82) is 5.53 Å². The molecule has 7 unspecified atom stereocenters. The zero-order valence-corrected chi connectivity index (χ0v) is 22.7. The molecule has 0 saturated carbocycles. The monoisotopic (exact) mass is 569 g/mol. The SMILES string of the molecule is Cc1ccc(CC(C)OC(=O)C(C)N=N)cc1CO[P+](=O)OCC1OC(n2ccc(=O)[nH]c2=O)C(C)(F)C1O. The number of aryl methyl sites for hydroxylation is 1. The summed E-state index contributed by atoms with van der Waals surface area (Å²) in [6, 6.07) is 5.64. The van der Waals surface area contributed by atoms with Gasteiger partial charge in [0.1, 0.15) is 31.5 Å². The molecule has 1 aromatic heterocycles. The highest BCUT2D eigenvalue weighted by Gasteiger charge is 2.56. The zero-order chi connectivity index (χ0) is 28.9. The van der Waals surface area contributed by atoms with Crippen LogP contribution in [-0.2, 0) is 40.9 Å². The van der Waals surface area contributed by atoms with Crippen molar-refractivity contribution in [3.63, 3.8) is 0 Å². The number of alkyl halides is 1. The number of esters is 1. The van der Waals surface area contributed by atoms with Crippen LogP contribution >= 0.6 is 8.25 Å². The standard InChI is InChI=1S/C24H30FN4O9P/c1-13-5-6-16(9-14(2)37-21(32)15(3)28-26)10-17(13)11-35-39(34)36-12-18-20(31)24(4,25)22(38-18)29-8-7-19(30)27-23(29)33/h5-8,10,14-15,18,20,22,26,31H,9,11-12H2,1-4H3/p+1. The fraction of sp³-hybridized carbons (Fsp3) is 0.542. The third-order valence-corrected chi connectivity index (χ3v) is 6.98. The molecule has 3 rings (SSSR count). The number of carbonyl (C=O) groups excluding carboxylic acids is 1. The number of hydrogen-bond donors (Lipinski definition) is 3. The van der Waals surface area contributed by atoms with E-state index in [4.69, 9.17) is 24.1 Å². The molecular weight excluding hydrogens is 538 g/mol. The molecule has 1 aliphatic heterocycles. The minimum absolute atomic E-state index is 0.0812. The van der Waals surface area contributed by atoms with E-state index in [9.17, 15) is 24.1 Å². The van der Waals surface area contributed by atoms with Gasteiger partial charge in [0.05, 0.1) is 0 Å². The first-order chi connectivity index (χ1) is 18.3. The Balaban J connectivity index is 1.55. The maximum absolute atomic E-state index is 15.3. The molecule has 1 aromatic carbocycles. The fourth-order valence-electron chi connectivity index (χ4n) is 3.99. The molecule has 1 saturated heterocycles. The molecule has 212 valence electrons. The number of ether oxygens (including phenoxy) is 2. The lowest BCUT2D eigenvalue weighted by Crippen LogP contribution is -2.43. The lowest BCUT2D eigenvalue weighted by atomic mass is 9.98. The predicted molar refractivity (Wildman–Crippen MR) is 134 cm³/mol. The van der Waals surface area contributed by atoms with Crippen LogP contribution in [0.2, 0.25) is 0 Å². The average molecular weight is 570 g/mol. The molecule has 1 aliphatic rings. The molecule has 39 heavy (non-hydrogen) atoms. The lowest BCUT2D eigenvalue weighted by Gasteiger charge is -2.24. The largest absolute Gasteiger partial charge is 0.697 e. The van der Waals surface area contributed by atoms with Crippen molar-refractivity contribution in [3.8, 4) is 0 Å². The van der Waals surface area contributed by atoms with E-state index >= 15 is 4.39 Å². The van der Waals surface area contributed by atoms with Gasteiger partial charge in [-0.25, -0.2) is 19.5 Å². The fourth-order valence-corrected chi connectivity index (χ4v) is 4.57. The highest BCUT2D eigenvalue weighted by Crippen LogP contribution is 2.41. The summed E-state index contributed by atoms with van der Waals surface area (Å²) in [5.74, 6) is -0.594. The molecule has 15 heteroatoms. The van der Waals surface area contributed by atoms with Crippen molar-refractivity contribution in [1.82, 2.24) is 9.55 Å². The van der Waals surface area contributed by atoms with E-state index in [1.807, 2.05) is 30.1 Å². The number of aliphatic hydroxyl groups excluding tert-OH is 1. The molecule has 3 N–H and O–H groups in total. The number of nitrogens with zero attached hydrogens (tertiary/aromatic N) is 2. The van der Waals surface area contributed by atoms with E-state index in [-0.39, 0.29) is 6.61 Å². The number of aromatic nitrogens is 2. The van der Waals surface area contributed by atoms with Crippen molar-refractivity contribution >= 4 is 14.2 Å². The second-order valence-electron chi connectivity index (χ2n) is 9.45. The van der Waals surface area contributed by atoms with Crippen LogP contribution < -0.4 is 11.2 Å². The molecule has 0 amide bonds. The van der Waals surface area contributed by atoms with Crippen LogP contribution in [0.4, 0.5) is 4.39 Å². The summed E-state index contributed by atoms with van der Waals surface area (Å²) >= 11 is 0. The summed E-state index contributed by atoms with van der Waals surface area (Å²) in [6.45, 7) is 5.49. The molecule has 2 aromatic rings. The average Bonchev–Trinajstić information content (AvgIpc) is 3.10. The normalized spacial score (nSPS) is 24.7. The van der Waals surface area contributed by atoms with Gasteiger partial charge in [-0.15, -0.1) is 9.05 Å². The summed E-state index contributed by atoms with van der Waals surface area (Å²) in [5, 5.41) is 13.5. The van der Waals surface area contributed by atoms with E-state index in [0.717, 1.165) is 34.9 Å². The highest BCUT2D eigenvalue weighted by molar-refractivity contribution is 7.33. The van der Waals surface area contributed by atoms with E-state index in [1.54, 1.807) is 6.92 Å². The Morgan fingerprint density at radius 1 is 1.33 bits per heavy atom.